The van der Waals surface area contributed by atoms with Crippen molar-refractivity contribution in [3.8, 4) is 0 Å². The number of aryl methyl sites for hydroxylation is 1. The molecule has 0 saturated heterocycles. The third-order valence-electron chi connectivity index (χ3n) is 3.56. The van der Waals surface area contributed by atoms with Crippen LogP contribution in [0.25, 0.3) is 0 Å². The van der Waals surface area contributed by atoms with Crippen molar-refractivity contribution >= 4 is 28.9 Å². The first-order chi connectivity index (χ1) is 11.7. The van der Waals surface area contributed by atoms with Gasteiger partial charge in [-0.15, -0.1) is 0 Å². The second-order valence-electron chi connectivity index (χ2n) is 5.63. The van der Waals surface area contributed by atoms with Crippen molar-refractivity contribution in [2.45, 2.75) is 32.7 Å². The molecule has 0 saturated carbocycles. The van der Waals surface area contributed by atoms with Crippen LogP contribution in [-0.4, -0.2) is 22.2 Å². The third kappa shape index (κ3) is 5.16. The summed E-state index contributed by atoms with van der Waals surface area (Å²) in [6, 6.07) is 9.50. The van der Waals surface area contributed by atoms with Gasteiger partial charge in [0, 0.05) is 12.1 Å². The van der Waals surface area contributed by atoms with Crippen molar-refractivity contribution < 1.29 is 24.1 Å². The van der Waals surface area contributed by atoms with E-state index < -0.39 is 17.8 Å². The van der Waals surface area contributed by atoms with Gasteiger partial charge >= 0.3 is 11.9 Å². The first-order valence-corrected chi connectivity index (χ1v) is 8.07. The Morgan fingerprint density at radius 3 is 2.68 bits per heavy atom. The lowest BCUT2D eigenvalue weighted by molar-refractivity contribution is -0.319. The molecule has 0 aromatic heterocycles. The maximum Gasteiger partial charge on any atom is 0.324 e. The minimum atomic E-state index is -2.51. The van der Waals surface area contributed by atoms with Crippen LogP contribution in [0.15, 0.2) is 36.4 Å². The van der Waals surface area contributed by atoms with Crippen LogP contribution in [0.2, 0.25) is 5.02 Å². The van der Waals surface area contributed by atoms with Gasteiger partial charge in [-0.05, 0) is 30.7 Å². The Balaban J connectivity index is 2.27. The summed E-state index contributed by atoms with van der Waals surface area (Å²) in [6.07, 6.45) is -0.387. The second-order valence-corrected chi connectivity index (χ2v) is 6.04. The summed E-state index contributed by atoms with van der Waals surface area (Å²) in [5.74, 6) is -3.86. The van der Waals surface area contributed by atoms with Crippen LogP contribution >= 0.6 is 11.6 Å². The number of rotatable bonds is 6. The van der Waals surface area contributed by atoms with E-state index in [1.165, 1.54) is 19.1 Å². The highest BCUT2D eigenvalue weighted by Gasteiger charge is 2.26. The maximum atomic E-state index is 14.0. The van der Waals surface area contributed by atoms with Gasteiger partial charge in [0.25, 0.3) is 0 Å². The summed E-state index contributed by atoms with van der Waals surface area (Å²) < 4.78 is 18.6. The van der Waals surface area contributed by atoms with Crippen LogP contribution in [0.4, 0.5) is 15.8 Å². The number of para-hydroxylation sites is 1. The van der Waals surface area contributed by atoms with Crippen LogP contribution in [0.3, 0.4) is 0 Å². The molecule has 0 aliphatic carbocycles. The molecule has 2 aromatic carbocycles. The fourth-order valence-electron chi connectivity index (χ4n) is 2.19. The molecule has 25 heavy (non-hydrogen) atoms. The fourth-order valence-corrected chi connectivity index (χ4v) is 2.40. The van der Waals surface area contributed by atoms with Crippen molar-refractivity contribution in [3.05, 3.63) is 58.4 Å². The van der Waals surface area contributed by atoms with Crippen molar-refractivity contribution in [1.29, 1.82) is 0 Å². The Bertz CT molecular complexity index is 759. The number of benzene rings is 2. The van der Waals surface area contributed by atoms with E-state index in [1.54, 1.807) is 24.3 Å². The van der Waals surface area contributed by atoms with Crippen molar-refractivity contribution in [1.82, 2.24) is 0 Å². The van der Waals surface area contributed by atoms with Gasteiger partial charge in [-0.2, -0.15) is 0 Å². The molecule has 0 aliphatic heterocycles. The Labute approximate surface area is 150 Å². The van der Waals surface area contributed by atoms with E-state index in [4.69, 9.17) is 11.6 Å². The third-order valence-corrected chi connectivity index (χ3v) is 3.87. The molecule has 134 valence electrons. The molecule has 0 fully saturated rings. The predicted octanol–water partition coefficient (Wildman–Crippen LogP) is 3.67. The molecule has 5 nitrogen and oxygen atoms in total. The van der Waals surface area contributed by atoms with Crippen LogP contribution in [0.5, 0.6) is 0 Å². The van der Waals surface area contributed by atoms with Crippen LogP contribution in [0, 0.1) is 12.7 Å². The minimum absolute atomic E-state index is 0.0925. The summed E-state index contributed by atoms with van der Waals surface area (Å²) in [7, 11) is 0. The highest BCUT2D eigenvalue weighted by Crippen LogP contribution is 2.30. The summed E-state index contributed by atoms with van der Waals surface area (Å²) in [5, 5.41) is 21.9. The standard InChI is InChI=1S/C18H19ClFNO4/c1-3-18(23,24)25-16(22)10-12-9-11(2)7-8-15(12)21-17-13(19)5-4-6-14(17)20/h4-9,21,23-24H,3,10H2,1-2H3. The zero-order chi connectivity index (χ0) is 18.6. The Morgan fingerprint density at radius 1 is 1.32 bits per heavy atom. The molecule has 2 rings (SSSR count). The van der Waals surface area contributed by atoms with Crippen LogP contribution in [0.1, 0.15) is 24.5 Å². The van der Waals surface area contributed by atoms with Gasteiger partial charge < -0.3 is 20.3 Å². The van der Waals surface area contributed by atoms with Crippen LogP contribution in [-0.2, 0) is 16.0 Å². The number of halogens is 2. The molecule has 7 heteroatoms. The van der Waals surface area contributed by atoms with E-state index in [2.05, 4.69) is 10.1 Å². The van der Waals surface area contributed by atoms with Crippen molar-refractivity contribution in [3.63, 3.8) is 0 Å². The van der Waals surface area contributed by atoms with Gasteiger partial charge in [-0.1, -0.05) is 42.3 Å². The lowest BCUT2D eigenvalue weighted by Crippen LogP contribution is -2.34. The molecule has 0 bridgehead atoms. The lowest BCUT2D eigenvalue weighted by Gasteiger charge is -2.20. The van der Waals surface area contributed by atoms with Gasteiger partial charge in [-0.25, -0.2) is 4.39 Å². The minimum Gasteiger partial charge on any atom is -0.408 e. The number of hydrogen-bond donors (Lipinski definition) is 3. The van der Waals surface area contributed by atoms with Gasteiger partial charge in [0.15, 0.2) is 0 Å². The van der Waals surface area contributed by atoms with E-state index in [9.17, 15) is 19.4 Å². The number of ether oxygens (including phenoxy) is 1. The average molecular weight is 368 g/mol. The molecule has 0 spiro atoms. The fraction of sp³-hybridized carbons (Fsp3) is 0.278. The first-order valence-electron chi connectivity index (χ1n) is 7.69. The monoisotopic (exact) mass is 367 g/mol. The Morgan fingerprint density at radius 2 is 2.04 bits per heavy atom. The van der Waals surface area contributed by atoms with Gasteiger partial charge in [0.2, 0.25) is 0 Å². The molecular weight excluding hydrogens is 349 g/mol. The van der Waals surface area contributed by atoms with E-state index in [0.717, 1.165) is 5.56 Å². The number of carbonyl (C=O) groups excluding carboxylic acids is 1. The number of esters is 1. The van der Waals surface area contributed by atoms with E-state index in [0.29, 0.717) is 11.3 Å². The zero-order valence-corrected chi connectivity index (χ0v) is 14.6. The number of aliphatic hydroxyl groups is 2. The first kappa shape index (κ1) is 19.2. The molecule has 0 aliphatic rings. The average Bonchev–Trinajstić information content (AvgIpc) is 2.52. The van der Waals surface area contributed by atoms with Gasteiger partial charge in [0.05, 0.1) is 17.1 Å². The molecule has 0 unspecified atom stereocenters. The summed E-state index contributed by atoms with van der Waals surface area (Å²) >= 11 is 6.01. The second kappa shape index (κ2) is 7.82. The van der Waals surface area contributed by atoms with Gasteiger partial charge in [-0.3, -0.25) is 4.79 Å². The molecule has 0 atom stereocenters. The number of hydrogen-bond acceptors (Lipinski definition) is 5. The highest BCUT2D eigenvalue weighted by molar-refractivity contribution is 6.33. The number of carbonyl (C=O) groups is 1. The van der Waals surface area contributed by atoms with Crippen LogP contribution < -0.4 is 5.32 Å². The SMILES string of the molecule is CCC(O)(O)OC(=O)Cc1cc(C)ccc1Nc1c(F)cccc1Cl. The highest BCUT2D eigenvalue weighted by atomic mass is 35.5. The molecule has 0 amide bonds. The Kier molecular flexibility index (Phi) is 6.00. The van der Waals surface area contributed by atoms with Crippen molar-refractivity contribution in [2.75, 3.05) is 5.32 Å². The number of anilines is 2. The summed E-state index contributed by atoms with van der Waals surface area (Å²) in [5.41, 5.74) is 1.95. The Hall–Kier alpha value is -2.15. The van der Waals surface area contributed by atoms with E-state index in [1.807, 2.05) is 6.92 Å². The van der Waals surface area contributed by atoms with Crippen molar-refractivity contribution in [2.24, 2.45) is 0 Å². The zero-order valence-electron chi connectivity index (χ0n) is 13.8. The summed E-state index contributed by atoms with van der Waals surface area (Å²) in [6.45, 7) is 3.30. The topological polar surface area (TPSA) is 78.8 Å². The quantitative estimate of drug-likeness (QED) is 0.536. The number of nitrogens with one attached hydrogen (secondary N) is 1. The van der Waals surface area contributed by atoms with E-state index in [-0.39, 0.29) is 23.6 Å². The van der Waals surface area contributed by atoms with Gasteiger partial charge in [0.1, 0.15) is 5.82 Å². The maximum absolute atomic E-state index is 14.0. The lowest BCUT2D eigenvalue weighted by atomic mass is 10.1. The largest absolute Gasteiger partial charge is 0.408 e. The molecule has 0 radical (unpaired) electrons. The summed E-state index contributed by atoms with van der Waals surface area (Å²) in [4.78, 5) is 12.0. The predicted molar refractivity (Wildman–Crippen MR) is 93.1 cm³/mol. The smallest absolute Gasteiger partial charge is 0.324 e. The van der Waals surface area contributed by atoms with E-state index >= 15 is 0 Å². The molecule has 0 heterocycles. The normalized spacial score (nSPS) is 11.3. The molecule has 2 aromatic rings. The molecule has 3 N–H and O–H groups in total. The molecular formula is C18H19ClFNO4.